The van der Waals surface area contributed by atoms with Gasteiger partial charge in [-0.3, -0.25) is 9.52 Å². The highest BCUT2D eigenvalue weighted by molar-refractivity contribution is 7.92. The van der Waals surface area contributed by atoms with Gasteiger partial charge in [0.1, 0.15) is 0 Å². The molecule has 146 valence electrons. The lowest BCUT2D eigenvalue weighted by Crippen LogP contribution is -2.29. The van der Waals surface area contributed by atoms with Crippen LogP contribution in [0.2, 0.25) is 0 Å². The second-order valence-corrected chi connectivity index (χ2v) is 7.72. The maximum Gasteiger partial charge on any atom is 0.253 e. The average Bonchev–Trinajstić information content (AvgIpc) is 2.64. The molecule has 0 radical (unpaired) electrons. The van der Waals surface area contributed by atoms with Gasteiger partial charge in [0.05, 0.1) is 37.8 Å². The molecule has 0 saturated heterocycles. The molecule has 1 atom stereocenters. The summed E-state index contributed by atoms with van der Waals surface area (Å²) in [7, 11) is -0.389. The van der Waals surface area contributed by atoms with Crippen LogP contribution in [-0.4, -0.2) is 34.8 Å². The zero-order valence-corrected chi connectivity index (χ0v) is 16.6. The van der Waals surface area contributed by atoms with Crippen LogP contribution in [0.1, 0.15) is 35.3 Å². The second-order valence-electron chi connectivity index (χ2n) is 5.97. The number of amides is 1. The van der Waals surface area contributed by atoms with Gasteiger partial charge in [0.15, 0.2) is 11.5 Å². The van der Waals surface area contributed by atoms with E-state index in [4.69, 9.17) is 9.47 Å². The van der Waals surface area contributed by atoms with Crippen molar-refractivity contribution in [1.82, 2.24) is 5.32 Å². The maximum absolute atomic E-state index is 12.8. The van der Waals surface area contributed by atoms with Crippen molar-refractivity contribution in [2.24, 2.45) is 0 Å². The fraction of sp³-hybridized carbons (Fsp3) is 0.316. The molecular formula is C19H24N2O5S. The van der Waals surface area contributed by atoms with E-state index in [-0.39, 0.29) is 23.2 Å². The minimum absolute atomic E-state index is 0.236. The van der Waals surface area contributed by atoms with Gasteiger partial charge in [0, 0.05) is 0 Å². The van der Waals surface area contributed by atoms with Crippen LogP contribution >= 0.6 is 0 Å². The molecule has 1 unspecified atom stereocenters. The van der Waals surface area contributed by atoms with Crippen molar-refractivity contribution in [2.45, 2.75) is 19.4 Å². The zero-order chi connectivity index (χ0) is 20.0. The molecule has 0 bridgehead atoms. The van der Waals surface area contributed by atoms with Crippen LogP contribution in [0.3, 0.4) is 0 Å². The zero-order valence-electron chi connectivity index (χ0n) is 15.8. The van der Waals surface area contributed by atoms with E-state index < -0.39 is 10.0 Å². The van der Waals surface area contributed by atoms with Gasteiger partial charge < -0.3 is 14.8 Å². The molecular weight excluding hydrogens is 368 g/mol. The van der Waals surface area contributed by atoms with E-state index in [0.29, 0.717) is 17.9 Å². The Kier molecular flexibility index (Phi) is 6.68. The second kappa shape index (κ2) is 8.77. The Morgan fingerprint density at radius 3 is 2.33 bits per heavy atom. The molecule has 2 aromatic rings. The highest BCUT2D eigenvalue weighted by Crippen LogP contribution is 2.31. The number of anilines is 1. The molecule has 2 N–H and O–H groups in total. The molecule has 7 nitrogen and oxygen atoms in total. The van der Waals surface area contributed by atoms with Crippen LogP contribution in [-0.2, 0) is 10.0 Å². The van der Waals surface area contributed by atoms with Gasteiger partial charge in [0.2, 0.25) is 10.0 Å². The molecule has 0 saturated carbocycles. The number of nitrogens with one attached hydrogen (secondary N) is 2. The van der Waals surface area contributed by atoms with Crippen molar-refractivity contribution in [2.75, 3.05) is 25.2 Å². The number of benzene rings is 2. The fourth-order valence-corrected chi connectivity index (χ4v) is 3.27. The highest BCUT2D eigenvalue weighted by atomic mass is 32.2. The number of sulfonamides is 1. The number of rotatable bonds is 8. The van der Waals surface area contributed by atoms with Crippen LogP contribution in [0, 0.1) is 0 Å². The third-order valence-corrected chi connectivity index (χ3v) is 4.58. The van der Waals surface area contributed by atoms with Crippen LogP contribution in [0.5, 0.6) is 11.5 Å². The minimum Gasteiger partial charge on any atom is -0.493 e. The lowest BCUT2D eigenvalue weighted by atomic mass is 10.0. The van der Waals surface area contributed by atoms with Gasteiger partial charge in [-0.2, -0.15) is 0 Å². The topological polar surface area (TPSA) is 93.7 Å². The van der Waals surface area contributed by atoms with E-state index in [9.17, 15) is 13.2 Å². The molecule has 2 aromatic carbocycles. The Bertz CT molecular complexity index is 912. The number of methoxy groups -OCH3 is 2. The van der Waals surface area contributed by atoms with E-state index in [2.05, 4.69) is 10.0 Å². The first-order valence-electron chi connectivity index (χ1n) is 8.38. The summed E-state index contributed by atoms with van der Waals surface area (Å²) >= 11 is 0. The van der Waals surface area contributed by atoms with Gasteiger partial charge in [-0.1, -0.05) is 25.1 Å². The van der Waals surface area contributed by atoms with Crippen LogP contribution in [0.4, 0.5) is 5.69 Å². The predicted octanol–water partition coefficient (Wildman–Crippen LogP) is 2.96. The van der Waals surface area contributed by atoms with Gasteiger partial charge in [0.25, 0.3) is 5.91 Å². The lowest BCUT2D eigenvalue weighted by molar-refractivity contribution is 0.0936. The Morgan fingerprint density at radius 2 is 1.74 bits per heavy atom. The summed E-state index contributed by atoms with van der Waals surface area (Å²) < 4.78 is 36.0. The lowest BCUT2D eigenvalue weighted by Gasteiger charge is -2.20. The Labute approximate surface area is 159 Å². The summed E-state index contributed by atoms with van der Waals surface area (Å²) in [5.41, 5.74) is 1.35. The van der Waals surface area contributed by atoms with Crippen molar-refractivity contribution in [3.63, 3.8) is 0 Å². The van der Waals surface area contributed by atoms with Gasteiger partial charge in [-0.25, -0.2) is 8.42 Å². The third-order valence-electron chi connectivity index (χ3n) is 3.99. The van der Waals surface area contributed by atoms with Crippen LogP contribution < -0.4 is 19.5 Å². The molecule has 0 fully saturated rings. The molecule has 0 aliphatic carbocycles. The molecule has 0 heterocycles. The highest BCUT2D eigenvalue weighted by Gasteiger charge is 2.19. The molecule has 0 aliphatic rings. The van der Waals surface area contributed by atoms with Gasteiger partial charge >= 0.3 is 0 Å². The smallest absolute Gasteiger partial charge is 0.253 e. The predicted molar refractivity (Wildman–Crippen MR) is 105 cm³/mol. The SMILES string of the molecule is CCC(NC(=O)c1ccccc1NS(C)(=O)=O)c1ccc(OC)c(OC)c1. The van der Waals surface area contributed by atoms with Crippen molar-refractivity contribution in [3.8, 4) is 11.5 Å². The monoisotopic (exact) mass is 392 g/mol. The van der Waals surface area contributed by atoms with Gasteiger partial charge in [-0.15, -0.1) is 0 Å². The Morgan fingerprint density at radius 1 is 1.07 bits per heavy atom. The van der Waals surface area contributed by atoms with E-state index >= 15 is 0 Å². The molecule has 0 aliphatic heterocycles. The molecule has 0 spiro atoms. The van der Waals surface area contributed by atoms with Crippen LogP contribution in [0.15, 0.2) is 42.5 Å². The van der Waals surface area contributed by atoms with Crippen molar-refractivity contribution in [1.29, 1.82) is 0 Å². The van der Waals surface area contributed by atoms with Crippen LogP contribution in [0.25, 0.3) is 0 Å². The first kappa shape index (κ1) is 20.6. The molecule has 1 amide bonds. The Balaban J connectivity index is 2.28. The number of hydrogen-bond acceptors (Lipinski definition) is 5. The first-order chi connectivity index (χ1) is 12.8. The number of hydrogen-bond donors (Lipinski definition) is 2. The normalized spacial score (nSPS) is 12.1. The number of para-hydroxylation sites is 1. The fourth-order valence-electron chi connectivity index (χ4n) is 2.70. The van der Waals surface area contributed by atoms with Crippen molar-refractivity contribution >= 4 is 21.6 Å². The van der Waals surface area contributed by atoms with E-state index in [1.165, 1.54) is 0 Å². The molecule has 27 heavy (non-hydrogen) atoms. The summed E-state index contributed by atoms with van der Waals surface area (Å²) in [5, 5.41) is 2.94. The molecule has 0 aromatic heterocycles. The van der Waals surface area contributed by atoms with Gasteiger partial charge in [-0.05, 0) is 36.2 Å². The third kappa shape index (κ3) is 5.37. The van der Waals surface area contributed by atoms with E-state index in [1.54, 1.807) is 44.6 Å². The van der Waals surface area contributed by atoms with E-state index in [1.807, 2.05) is 19.1 Å². The quantitative estimate of drug-likeness (QED) is 0.720. The summed E-state index contributed by atoms with van der Waals surface area (Å²) in [6, 6.07) is 11.6. The minimum atomic E-state index is -3.50. The summed E-state index contributed by atoms with van der Waals surface area (Å²) in [5.74, 6) is 0.801. The first-order valence-corrected chi connectivity index (χ1v) is 10.3. The molecule has 2 rings (SSSR count). The standard InChI is InChI=1S/C19H24N2O5S/c1-5-15(13-10-11-17(25-2)18(12-13)26-3)20-19(22)14-8-6-7-9-16(14)21-27(4,23)24/h6-12,15,21H,5H2,1-4H3,(H,20,22). The summed E-state index contributed by atoms with van der Waals surface area (Å²) in [6.07, 6.45) is 1.68. The largest absolute Gasteiger partial charge is 0.493 e. The maximum atomic E-state index is 12.8. The molecule has 8 heteroatoms. The Hall–Kier alpha value is -2.74. The average molecular weight is 392 g/mol. The van der Waals surface area contributed by atoms with Crippen molar-refractivity contribution < 1.29 is 22.7 Å². The number of carbonyl (C=O) groups is 1. The number of carbonyl (C=O) groups excluding carboxylic acids is 1. The number of ether oxygens (including phenoxy) is 2. The summed E-state index contributed by atoms with van der Waals surface area (Å²) in [6.45, 7) is 1.95. The van der Waals surface area contributed by atoms with Crippen molar-refractivity contribution in [3.05, 3.63) is 53.6 Å². The summed E-state index contributed by atoms with van der Waals surface area (Å²) in [4.78, 5) is 12.8. The van der Waals surface area contributed by atoms with E-state index in [0.717, 1.165) is 11.8 Å².